The van der Waals surface area contributed by atoms with E-state index in [4.69, 9.17) is 0 Å². The minimum atomic E-state index is 1.26. The molecule has 0 saturated heterocycles. The molecule has 0 unspecified atom stereocenters. The van der Waals surface area contributed by atoms with Gasteiger partial charge in [-0.2, -0.15) is 0 Å². The Morgan fingerprint density at radius 2 is 0.720 bits per heavy atom. The van der Waals surface area contributed by atoms with Gasteiger partial charge in [0.2, 0.25) is 0 Å². The van der Waals surface area contributed by atoms with Crippen molar-refractivity contribution in [3.05, 3.63) is 6.54 Å². The van der Waals surface area contributed by atoms with Crippen molar-refractivity contribution in [1.29, 1.82) is 0 Å². The highest BCUT2D eigenvalue weighted by molar-refractivity contribution is 4.60. The Balaban J connectivity index is 2.96. The van der Waals surface area contributed by atoms with Crippen molar-refractivity contribution in [2.75, 3.05) is 14.1 Å². The maximum absolute atomic E-state index is 2.30. The molecule has 0 rings (SSSR count). The first kappa shape index (κ1) is 25.0. The summed E-state index contributed by atoms with van der Waals surface area (Å²) in [6.07, 6.45) is 29.0. The molecule has 1 nitrogen and oxygen atoms in total. The van der Waals surface area contributed by atoms with Gasteiger partial charge in [0.05, 0.1) is 0 Å². The third kappa shape index (κ3) is 24.0. The molecule has 0 aromatic carbocycles. The van der Waals surface area contributed by atoms with E-state index >= 15 is 0 Å². The van der Waals surface area contributed by atoms with E-state index in [0.717, 1.165) is 0 Å². The van der Waals surface area contributed by atoms with E-state index in [1.54, 1.807) is 0 Å². The quantitative estimate of drug-likeness (QED) is 0.187. The Hall–Kier alpha value is -0.0400. The molecule has 0 aromatic heterocycles. The fourth-order valence-electron chi connectivity index (χ4n) is 3.57. The molecule has 0 aliphatic heterocycles. The lowest BCUT2D eigenvalue weighted by molar-refractivity contribution is 0.460. The summed E-state index contributed by atoms with van der Waals surface area (Å²) in [5.41, 5.74) is 0. The number of hydrogen-bond donors (Lipinski definition) is 0. The van der Waals surface area contributed by atoms with E-state index in [1.807, 2.05) is 0 Å². The van der Waals surface area contributed by atoms with Crippen LogP contribution in [0.3, 0.4) is 0 Å². The van der Waals surface area contributed by atoms with Gasteiger partial charge in [-0.05, 0) is 20.5 Å². The predicted molar refractivity (Wildman–Crippen MR) is 116 cm³/mol. The zero-order valence-electron chi connectivity index (χ0n) is 18.2. The van der Waals surface area contributed by atoms with Crippen molar-refractivity contribution in [2.24, 2.45) is 0 Å². The van der Waals surface area contributed by atoms with Crippen LogP contribution < -0.4 is 0 Å². The van der Waals surface area contributed by atoms with E-state index in [2.05, 4.69) is 32.5 Å². The average molecular weight is 353 g/mol. The van der Waals surface area contributed by atoms with E-state index in [0.29, 0.717) is 0 Å². The summed E-state index contributed by atoms with van der Waals surface area (Å²) in [6.45, 7) is 4.60. The van der Waals surface area contributed by atoms with Crippen LogP contribution in [0, 0.1) is 6.54 Å². The van der Waals surface area contributed by atoms with Gasteiger partial charge in [-0.25, -0.2) is 0 Å². The Morgan fingerprint density at radius 3 is 1.00 bits per heavy atom. The molecule has 0 bridgehead atoms. The normalized spacial score (nSPS) is 11.5. The van der Waals surface area contributed by atoms with Crippen LogP contribution in [-0.4, -0.2) is 19.0 Å². The van der Waals surface area contributed by atoms with Crippen LogP contribution in [0.1, 0.15) is 135 Å². The summed E-state index contributed by atoms with van der Waals surface area (Å²) in [5.74, 6) is 0. The van der Waals surface area contributed by atoms with Gasteiger partial charge in [0.15, 0.2) is 0 Å². The molecule has 0 aromatic rings. The lowest BCUT2D eigenvalue weighted by atomic mass is 10.0. The van der Waals surface area contributed by atoms with E-state index in [9.17, 15) is 0 Å². The summed E-state index contributed by atoms with van der Waals surface area (Å²) in [4.78, 5) is 2.18. The third-order valence-electron chi connectivity index (χ3n) is 5.30. The lowest BCUT2D eigenvalue weighted by Gasteiger charge is -2.07. The van der Waals surface area contributed by atoms with E-state index in [1.165, 1.54) is 128 Å². The van der Waals surface area contributed by atoms with Crippen LogP contribution in [0.5, 0.6) is 0 Å². The molecule has 151 valence electrons. The zero-order valence-corrected chi connectivity index (χ0v) is 18.2. The second-order valence-corrected chi connectivity index (χ2v) is 8.30. The van der Waals surface area contributed by atoms with Gasteiger partial charge in [0.25, 0.3) is 0 Å². The average Bonchev–Trinajstić information content (AvgIpc) is 2.60. The van der Waals surface area contributed by atoms with E-state index < -0.39 is 0 Å². The molecule has 0 amide bonds. The monoisotopic (exact) mass is 352 g/mol. The molecule has 25 heavy (non-hydrogen) atoms. The highest BCUT2D eigenvalue weighted by atomic mass is 15.0. The second kappa shape index (κ2) is 22.0. The Bertz CT molecular complexity index is 224. The molecule has 0 fully saturated rings. The molecular formula is C24H50N. The molecule has 0 heterocycles. The van der Waals surface area contributed by atoms with Crippen LogP contribution in [0.4, 0.5) is 0 Å². The summed E-state index contributed by atoms with van der Waals surface area (Å²) in [7, 11) is 4.24. The fraction of sp³-hybridized carbons (Fsp3) is 0.958. The highest BCUT2D eigenvalue weighted by Gasteiger charge is 1.96. The van der Waals surface area contributed by atoms with Gasteiger partial charge in [-0.3, -0.25) is 0 Å². The van der Waals surface area contributed by atoms with Gasteiger partial charge in [0.1, 0.15) is 0 Å². The highest BCUT2D eigenvalue weighted by Crippen LogP contribution is 2.14. The SMILES string of the molecule is CCCCCCCCCCCCCCCCCCCCC[CH]N(C)C. The number of rotatable bonds is 21. The number of unbranched alkanes of at least 4 members (excludes halogenated alkanes) is 19. The van der Waals surface area contributed by atoms with Crippen molar-refractivity contribution in [2.45, 2.75) is 135 Å². The van der Waals surface area contributed by atoms with Crippen molar-refractivity contribution >= 4 is 0 Å². The zero-order chi connectivity index (χ0) is 18.4. The minimum absolute atomic E-state index is 1.26. The Labute approximate surface area is 161 Å². The summed E-state index contributed by atoms with van der Waals surface area (Å²) < 4.78 is 0. The van der Waals surface area contributed by atoms with E-state index in [-0.39, 0.29) is 0 Å². The molecule has 0 aliphatic carbocycles. The van der Waals surface area contributed by atoms with Crippen molar-refractivity contribution in [3.63, 3.8) is 0 Å². The standard InChI is InChI=1S/C24H50N/c1-4-5-6-7-8-9-10-11-12-13-14-15-16-17-18-19-20-21-22-23-24-25(2)3/h24H,4-23H2,1-3H3. The molecule has 1 radical (unpaired) electrons. The molecule has 0 N–H and O–H groups in total. The minimum Gasteiger partial charge on any atom is -0.305 e. The van der Waals surface area contributed by atoms with Crippen molar-refractivity contribution in [3.8, 4) is 0 Å². The van der Waals surface area contributed by atoms with Gasteiger partial charge >= 0.3 is 0 Å². The summed E-state index contributed by atoms with van der Waals surface area (Å²) >= 11 is 0. The predicted octanol–water partition coefficient (Wildman–Crippen LogP) is 8.53. The summed E-state index contributed by atoms with van der Waals surface area (Å²) in [5, 5.41) is 0. The van der Waals surface area contributed by atoms with Crippen LogP contribution in [-0.2, 0) is 0 Å². The lowest BCUT2D eigenvalue weighted by Crippen LogP contribution is -2.06. The summed E-state index contributed by atoms with van der Waals surface area (Å²) in [6, 6.07) is 0. The Kier molecular flexibility index (Phi) is 22.0. The largest absolute Gasteiger partial charge is 0.305 e. The van der Waals surface area contributed by atoms with Crippen LogP contribution in [0.25, 0.3) is 0 Å². The van der Waals surface area contributed by atoms with Gasteiger partial charge in [-0.1, -0.05) is 129 Å². The number of nitrogens with zero attached hydrogens (tertiary/aromatic N) is 1. The maximum atomic E-state index is 2.30. The van der Waals surface area contributed by atoms with Crippen LogP contribution in [0.2, 0.25) is 0 Å². The van der Waals surface area contributed by atoms with Gasteiger partial charge < -0.3 is 4.90 Å². The molecular weight excluding hydrogens is 302 g/mol. The fourth-order valence-corrected chi connectivity index (χ4v) is 3.57. The topological polar surface area (TPSA) is 3.24 Å². The smallest absolute Gasteiger partial charge is 0.0245 e. The first-order valence-electron chi connectivity index (χ1n) is 11.8. The maximum Gasteiger partial charge on any atom is 0.0245 e. The van der Waals surface area contributed by atoms with Crippen molar-refractivity contribution in [1.82, 2.24) is 4.90 Å². The first-order valence-corrected chi connectivity index (χ1v) is 11.8. The number of hydrogen-bond acceptors (Lipinski definition) is 1. The first-order chi connectivity index (χ1) is 12.3. The van der Waals surface area contributed by atoms with Gasteiger partial charge in [0, 0.05) is 6.54 Å². The molecule has 0 atom stereocenters. The molecule has 1 heteroatoms. The molecule has 0 saturated carbocycles. The van der Waals surface area contributed by atoms with Gasteiger partial charge in [-0.15, -0.1) is 0 Å². The van der Waals surface area contributed by atoms with Crippen LogP contribution in [0.15, 0.2) is 0 Å². The molecule has 0 spiro atoms. The Morgan fingerprint density at radius 1 is 0.440 bits per heavy atom. The van der Waals surface area contributed by atoms with Crippen LogP contribution >= 0.6 is 0 Å². The second-order valence-electron chi connectivity index (χ2n) is 8.30. The third-order valence-corrected chi connectivity index (χ3v) is 5.30. The van der Waals surface area contributed by atoms with Crippen molar-refractivity contribution < 1.29 is 0 Å². The molecule has 0 aliphatic rings.